The normalized spacial score (nSPS) is 23.7. The highest BCUT2D eigenvalue weighted by Gasteiger charge is 2.70. The van der Waals surface area contributed by atoms with Gasteiger partial charge in [-0.15, -0.1) is 0 Å². The van der Waals surface area contributed by atoms with E-state index in [9.17, 15) is 32.4 Å². The maximum absolute atomic E-state index is 14.1. The van der Waals surface area contributed by atoms with Gasteiger partial charge in [-0.25, -0.2) is 17.9 Å². The van der Waals surface area contributed by atoms with E-state index in [-0.39, 0.29) is 42.6 Å². The number of nitrogens with zero attached hydrogens (tertiary/aromatic N) is 1. The molecule has 1 aliphatic heterocycles. The number of carbonyl (C=O) groups excluding carboxylic acids is 5. The van der Waals surface area contributed by atoms with Crippen molar-refractivity contribution in [2.75, 3.05) is 19.9 Å². The van der Waals surface area contributed by atoms with E-state index in [1.54, 1.807) is 20.8 Å². The maximum Gasteiger partial charge on any atom is 0.376 e. The second kappa shape index (κ2) is 12.8. The van der Waals surface area contributed by atoms with Crippen LogP contribution in [0.15, 0.2) is 0 Å². The molecule has 41 heavy (non-hydrogen) atoms. The van der Waals surface area contributed by atoms with E-state index in [1.807, 2.05) is 34.6 Å². The summed E-state index contributed by atoms with van der Waals surface area (Å²) in [6, 6.07) is -4.14. The summed E-state index contributed by atoms with van der Waals surface area (Å²) in [5.74, 6) is -3.69. The molecule has 0 bridgehead atoms. The maximum atomic E-state index is 14.1. The standard InChI is InChI=1S/C28H48N4O8S/c1-11-12-17(21(33)26(37)40-9)29-24(35)20-19-16(28(19,7)8)14-32(20)25(36)22(27(4,5)6)30-23(34)18(13-15(2)3)31-41(10,38)39/h15-20,22,31H,11-14H2,1-10H3,(H,29,35)(H,30,34). The van der Waals surface area contributed by atoms with E-state index >= 15 is 0 Å². The predicted octanol–water partition coefficient (Wildman–Crippen LogP) is 0.991. The molecule has 12 nitrogen and oxygen atoms in total. The molecule has 3 N–H and O–H groups in total. The van der Waals surface area contributed by atoms with E-state index in [0.717, 1.165) is 13.4 Å². The van der Waals surface area contributed by atoms with Crippen LogP contribution in [0.2, 0.25) is 0 Å². The average Bonchev–Trinajstić information content (AvgIpc) is 3.15. The lowest BCUT2D eigenvalue weighted by molar-refractivity contribution is -0.153. The topological polar surface area (TPSA) is 168 Å². The van der Waals surface area contributed by atoms with E-state index in [1.165, 1.54) is 4.90 Å². The van der Waals surface area contributed by atoms with Crippen LogP contribution < -0.4 is 15.4 Å². The van der Waals surface area contributed by atoms with Crippen molar-refractivity contribution < 1.29 is 37.1 Å². The fourth-order valence-electron chi connectivity index (χ4n) is 5.87. The molecule has 0 aromatic heterocycles. The Bertz CT molecular complexity index is 1140. The molecule has 0 spiro atoms. The number of hydrogen-bond acceptors (Lipinski definition) is 8. The van der Waals surface area contributed by atoms with Crippen LogP contribution in [0.25, 0.3) is 0 Å². The Labute approximate surface area is 244 Å². The molecule has 234 valence electrons. The smallest absolute Gasteiger partial charge is 0.376 e. The van der Waals surface area contributed by atoms with Gasteiger partial charge >= 0.3 is 5.97 Å². The van der Waals surface area contributed by atoms with Gasteiger partial charge in [0.2, 0.25) is 27.7 Å². The summed E-state index contributed by atoms with van der Waals surface area (Å²) < 4.78 is 30.8. The van der Waals surface area contributed by atoms with Crippen molar-refractivity contribution in [3.8, 4) is 0 Å². The minimum Gasteiger partial charge on any atom is -0.463 e. The highest BCUT2D eigenvalue weighted by molar-refractivity contribution is 7.88. The molecule has 3 amide bonds. The number of ether oxygens (including phenoxy) is 1. The van der Waals surface area contributed by atoms with Crippen molar-refractivity contribution in [3.63, 3.8) is 0 Å². The summed E-state index contributed by atoms with van der Waals surface area (Å²) in [6.07, 6.45) is 1.95. The lowest BCUT2D eigenvalue weighted by Crippen LogP contribution is -2.62. The van der Waals surface area contributed by atoms with Crippen molar-refractivity contribution in [3.05, 3.63) is 0 Å². The summed E-state index contributed by atoms with van der Waals surface area (Å²) in [7, 11) is -2.61. The second-order valence-electron chi connectivity index (χ2n) is 13.5. The summed E-state index contributed by atoms with van der Waals surface area (Å²) >= 11 is 0. The van der Waals surface area contributed by atoms with Crippen LogP contribution in [0.4, 0.5) is 0 Å². The fraction of sp³-hybridized carbons (Fsp3) is 0.821. The quantitative estimate of drug-likeness (QED) is 0.208. The molecule has 6 unspecified atom stereocenters. The number of sulfonamides is 1. The fourth-order valence-corrected chi connectivity index (χ4v) is 6.59. The molecule has 2 fully saturated rings. The number of Topliss-reactive ketones (excluding diaryl/α,β-unsaturated/α-hetero) is 1. The molecule has 2 rings (SSSR count). The molecule has 0 radical (unpaired) electrons. The van der Waals surface area contributed by atoms with E-state index < -0.39 is 69.1 Å². The highest BCUT2D eigenvalue weighted by Crippen LogP contribution is 2.65. The van der Waals surface area contributed by atoms with Crippen LogP contribution in [-0.4, -0.2) is 86.9 Å². The number of ketones is 1. The van der Waals surface area contributed by atoms with Crippen LogP contribution in [-0.2, 0) is 38.7 Å². The van der Waals surface area contributed by atoms with Crippen molar-refractivity contribution in [2.45, 2.75) is 98.8 Å². The van der Waals surface area contributed by atoms with Gasteiger partial charge in [0.15, 0.2) is 0 Å². The van der Waals surface area contributed by atoms with E-state index in [0.29, 0.717) is 6.42 Å². The first kappa shape index (κ1) is 34.7. The van der Waals surface area contributed by atoms with Crippen LogP contribution in [0.3, 0.4) is 0 Å². The van der Waals surface area contributed by atoms with Gasteiger partial charge in [0.05, 0.1) is 19.4 Å². The van der Waals surface area contributed by atoms with Gasteiger partial charge in [0, 0.05) is 6.54 Å². The Hall–Kier alpha value is -2.54. The van der Waals surface area contributed by atoms with Crippen molar-refractivity contribution in [1.82, 2.24) is 20.3 Å². The number of likely N-dealkylation sites (tertiary alicyclic amines) is 1. The lowest BCUT2D eigenvalue weighted by atomic mass is 9.84. The number of fused-ring (bicyclic) bond motifs is 1. The number of nitrogens with one attached hydrogen (secondary N) is 3. The van der Waals surface area contributed by atoms with Crippen molar-refractivity contribution >= 4 is 39.5 Å². The number of carbonyl (C=O) groups is 5. The highest BCUT2D eigenvalue weighted by atomic mass is 32.2. The molecule has 13 heteroatoms. The number of amides is 3. The molecule has 6 atom stereocenters. The molecular formula is C28H48N4O8S. The largest absolute Gasteiger partial charge is 0.463 e. The zero-order valence-corrected chi connectivity index (χ0v) is 26.8. The first-order valence-electron chi connectivity index (χ1n) is 14.2. The summed E-state index contributed by atoms with van der Waals surface area (Å²) in [5, 5.41) is 5.46. The van der Waals surface area contributed by atoms with E-state index in [2.05, 4.69) is 20.1 Å². The summed E-state index contributed by atoms with van der Waals surface area (Å²) in [5.41, 5.74) is -0.997. The minimum atomic E-state index is -3.71. The number of rotatable bonds is 13. The average molecular weight is 601 g/mol. The van der Waals surface area contributed by atoms with Crippen molar-refractivity contribution in [2.24, 2.45) is 28.6 Å². The first-order chi connectivity index (χ1) is 18.7. The van der Waals surface area contributed by atoms with Crippen LogP contribution in [0.1, 0.15) is 74.7 Å². The molecule has 0 aromatic carbocycles. The Morgan fingerprint density at radius 1 is 1.05 bits per heavy atom. The number of esters is 1. The molecule has 1 aliphatic carbocycles. The van der Waals surface area contributed by atoms with Gasteiger partial charge in [-0.05, 0) is 41.4 Å². The van der Waals surface area contributed by atoms with E-state index in [4.69, 9.17) is 0 Å². The van der Waals surface area contributed by atoms with Crippen LogP contribution >= 0.6 is 0 Å². The van der Waals surface area contributed by atoms with Crippen LogP contribution in [0.5, 0.6) is 0 Å². The number of piperidine rings is 1. The number of hydrogen-bond donors (Lipinski definition) is 3. The van der Waals surface area contributed by atoms with Gasteiger partial charge in [0.25, 0.3) is 5.78 Å². The van der Waals surface area contributed by atoms with Gasteiger partial charge in [0.1, 0.15) is 18.1 Å². The Morgan fingerprint density at radius 3 is 2.10 bits per heavy atom. The lowest BCUT2D eigenvalue weighted by Gasteiger charge is -2.38. The second-order valence-corrected chi connectivity index (χ2v) is 15.3. The molecular weight excluding hydrogens is 552 g/mol. The Morgan fingerprint density at radius 2 is 1.63 bits per heavy atom. The first-order valence-corrected chi connectivity index (χ1v) is 16.1. The molecule has 1 heterocycles. The number of methoxy groups -OCH3 is 1. The molecule has 1 saturated heterocycles. The third kappa shape index (κ3) is 8.27. The SMILES string of the molecule is CCCC(NC(=O)C1C2C(CN1C(=O)C(NC(=O)C(CC(C)C)NS(C)(=O)=O)C(C)(C)C)C2(C)C)C(=O)C(=O)OC. The summed E-state index contributed by atoms with van der Waals surface area (Å²) in [6.45, 7) is 15.2. The monoisotopic (exact) mass is 600 g/mol. The van der Waals surface area contributed by atoms with Crippen molar-refractivity contribution in [1.29, 1.82) is 0 Å². The zero-order chi connectivity index (χ0) is 31.7. The molecule has 2 aliphatic rings. The third-order valence-corrected chi connectivity index (χ3v) is 8.85. The van der Waals surface area contributed by atoms with Gasteiger partial charge in [-0.1, -0.05) is 61.8 Å². The third-order valence-electron chi connectivity index (χ3n) is 8.14. The summed E-state index contributed by atoms with van der Waals surface area (Å²) in [4.78, 5) is 67.1. The Kier molecular flexibility index (Phi) is 10.8. The molecule has 0 aromatic rings. The van der Waals surface area contributed by atoms with Gasteiger partial charge < -0.3 is 20.3 Å². The molecule has 1 saturated carbocycles. The minimum absolute atomic E-state index is 0.00597. The Balaban J connectivity index is 2.38. The van der Waals surface area contributed by atoms with Gasteiger partial charge in [-0.2, -0.15) is 0 Å². The van der Waals surface area contributed by atoms with Crippen LogP contribution in [0, 0.1) is 28.6 Å². The predicted molar refractivity (Wildman–Crippen MR) is 153 cm³/mol. The van der Waals surface area contributed by atoms with Gasteiger partial charge in [-0.3, -0.25) is 19.2 Å². The zero-order valence-electron chi connectivity index (χ0n) is 26.0.